The first-order chi connectivity index (χ1) is 23.6. The largest absolute Gasteiger partial charge is 0.515 e. The Hall–Kier alpha value is -5.25. The zero-order valence-electron chi connectivity index (χ0n) is 28.9. The summed E-state index contributed by atoms with van der Waals surface area (Å²) in [4.78, 5) is 51.0. The molecule has 2 aliphatic heterocycles. The number of carbonyl (C=O) groups is 3. The monoisotopic (exact) mass is 664 g/mol. The Kier molecular flexibility index (Phi) is 9.16. The maximum absolute atomic E-state index is 14.2. The molecule has 1 unspecified atom stereocenters. The number of ketones is 1. The van der Waals surface area contributed by atoms with E-state index < -0.39 is 17.9 Å². The molecule has 0 radical (unpaired) electrons. The first kappa shape index (κ1) is 33.6. The summed E-state index contributed by atoms with van der Waals surface area (Å²) in [6.45, 7) is 14.2. The number of rotatable bonds is 8. The second-order valence-electron chi connectivity index (χ2n) is 13.0. The van der Waals surface area contributed by atoms with Gasteiger partial charge in [-0.1, -0.05) is 38.7 Å². The first-order valence-corrected chi connectivity index (χ1v) is 16.8. The van der Waals surface area contributed by atoms with Crippen molar-refractivity contribution >= 4 is 53.9 Å². The number of ether oxygens (including phenoxy) is 2. The second kappa shape index (κ2) is 13.3. The molecule has 0 aromatic carbocycles. The lowest BCUT2D eigenvalue weighted by atomic mass is 9.80. The number of aromatic amines is 3. The molecular weight excluding hydrogens is 620 g/mol. The topological polar surface area (TPSA) is 149 Å². The van der Waals surface area contributed by atoms with Crippen LogP contribution >= 0.6 is 0 Å². The number of allylic oxidation sites excluding steroid dienone is 2. The predicted molar refractivity (Wildman–Crippen MR) is 190 cm³/mol. The van der Waals surface area contributed by atoms with Gasteiger partial charge in [0.2, 0.25) is 0 Å². The smallest absolute Gasteiger partial charge is 0.320 e. The quantitative estimate of drug-likeness (QED) is 0.141. The number of H-pyrrole nitrogens is 3. The second-order valence-corrected chi connectivity index (χ2v) is 13.0. The van der Waals surface area contributed by atoms with Crippen LogP contribution in [0.4, 0.5) is 0 Å². The van der Waals surface area contributed by atoms with Crippen LogP contribution in [0.5, 0.6) is 0 Å². The molecule has 3 aliphatic rings. The number of Topliss-reactive ketones (excluding diaryl/α,β-unsaturated/α-hetero) is 1. The van der Waals surface area contributed by atoms with E-state index in [1.165, 1.54) is 7.11 Å². The molecule has 0 spiro atoms. The van der Waals surface area contributed by atoms with Crippen molar-refractivity contribution in [3.8, 4) is 0 Å². The zero-order chi connectivity index (χ0) is 35.1. The molecule has 4 atom stereocenters. The van der Waals surface area contributed by atoms with Gasteiger partial charge in [0.05, 0.1) is 30.1 Å². The lowest BCUT2D eigenvalue weighted by Crippen LogP contribution is -2.38. The number of carbonyl (C=O) groups excluding carboxylic acids is 3. The molecular formula is C39H44N4O6. The van der Waals surface area contributed by atoms with Gasteiger partial charge in [0.25, 0.3) is 0 Å². The van der Waals surface area contributed by atoms with Crippen LogP contribution in [-0.2, 0) is 25.5 Å². The van der Waals surface area contributed by atoms with Crippen molar-refractivity contribution in [2.24, 2.45) is 17.8 Å². The molecule has 6 rings (SSSR count). The Morgan fingerprint density at radius 1 is 1.04 bits per heavy atom. The Morgan fingerprint density at radius 2 is 1.80 bits per heavy atom. The molecule has 10 nitrogen and oxygen atoms in total. The number of esters is 2. The van der Waals surface area contributed by atoms with E-state index in [9.17, 15) is 19.5 Å². The van der Waals surface area contributed by atoms with Gasteiger partial charge in [-0.05, 0) is 80.0 Å². The van der Waals surface area contributed by atoms with Gasteiger partial charge in [-0.2, -0.15) is 0 Å². The van der Waals surface area contributed by atoms with Crippen molar-refractivity contribution in [2.75, 3.05) is 13.7 Å². The number of aromatic nitrogens is 3. The van der Waals surface area contributed by atoms with Crippen LogP contribution in [0, 0.1) is 31.6 Å². The number of hydrogen-bond donors (Lipinski definition) is 5. The van der Waals surface area contributed by atoms with E-state index in [0.717, 1.165) is 51.1 Å². The molecule has 49 heavy (non-hydrogen) atoms. The van der Waals surface area contributed by atoms with Crippen LogP contribution in [0.25, 0.3) is 36.1 Å². The standard InChI is InChI=1S/C39H44N4O6/c1-8-11-14-49-32(45)13-12-24-20(5)27-15-26-19(4)22(9-2)29(40-26)17-31-25(18-44)23(10-3)30(41-31)16-28-21(6)33-37(43-28)34(36(24)42-27)35(38(33)46)39(47)48-7/h8-9,11,15-18,20,24,35-36,40-44H,2,10,12-14H2,1,3-7H3/b11-8-,25-18+,27-15+,28-16-,31-17-/t20-,24-,35+,36?/m0/s1. The molecule has 3 aromatic rings. The molecule has 5 N–H and O–H groups in total. The van der Waals surface area contributed by atoms with Gasteiger partial charge in [-0.3, -0.25) is 14.4 Å². The highest BCUT2D eigenvalue weighted by molar-refractivity contribution is 6.19. The Labute approximate surface area is 284 Å². The number of aliphatic hydroxyl groups excluding tert-OH is 1. The number of hydrogen-bond acceptors (Lipinski definition) is 7. The highest BCUT2D eigenvalue weighted by Gasteiger charge is 2.49. The predicted octanol–water partition coefficient (Wildman–Crippen LogP) is 3.06. The van der Waals surface area contributed by atoms with Crippen molar-refractivity contribution in [1.82, 2.24) is 20.3 Å². The Morgan fingerprint density at radius 3 is 2.47 bits per heavy atom. The van der Waals surface area contributed by atoms with E-state index in [0.29, 0.717) is 45.5 Å². The minimum Gasteiger partial charge on any atom is -0.515 e. The van der Waals surface area contributed by atoms with E-state index in [1.54, 1.807) is 6.08 Å². The maximum atomic E-state index is 14.2. The zero-order valence-corrected chi connectivity index (χ0v) is 28.9. The van der Waals surface area contributed by atoms with Gasteiger partial charge in [-0.25, -0.2) is 0 Å². The summed E-state index contributed by atoms with van der Waals surface area (Å²) in [7, 11) is 1.30. The van der Waals surface area contributed by atoms with Crippen molar-refractivity contribution < 1.29 is 29.0 Å². The maximum Gasteiger partial charge on any atom is 0.320 e. The van der Waals surface area contributed by atoms with Crippen LogP contribution in [0.2, 0.25) is 0 Å². The van der Waals surface area contributed by atoms with Gasteiger partial charge in [0.15, 0.2) is 5.78 Å². The first-order valence-electron chi connectivity index (χ1n) is 16.8. The SMILES string of the molecule is C=Cc1c2[nH]c(c1C)/C=C1/NC(C3=c4[nH]/c(c(C)c4C(=O)[C@@H]3C(=O)OC)=C\c3[nH]c(/c(=C/O)c3CC)=C\2)[C@@H](CCC(=O)OC/C=C\C)[C@@H]1C. The minimum absolute atomic E-state index is 0.0772. The van der Waals surface area contributed by atoms with E-state index >= 15 is 0 Å². The highest BCUT2D eigenvalue weighted by Crippen LogP contribution is 2.42. The molecule has 0 saturated carbocycles. The fourth-order valence-electron chi connectivity index (χ4n) is 7.81. The molecule has 1 saturated heterocycles. The number of fused-ring (bicyclic) bond motifs is 8. The van der Waals surface area contributed by atoms with Crippen molar-refractivity contribution in [3.05, 3.63) is 90.6 Å². The molecule has 5 heterocycles. The van der Waals surface area contributed by atoms with Crippen LogP contribution in [0.3, 0.4) is 0 Å². The fourth-order valence-corrected chi connectivity index (χ4v) is 7.81. The fraction of sp³-hybridized carbons (Fsp3) is 0.359. The van der Waals surface area contributed by atoms with Crippen molar-refractivity contribution in [2.45, 2.75) is 59.9 Å². The summed E-state index contributed by atoms with van der Waals surface area (Å²) < 4.78 is 10.6. The van der Waals surface area contributed by atoms with Crippen LogP contribution < -0.4 is 26.6 Å². The summed E-state index contributed by atoms with van der Waals surface area (Å²) in [6.07, 6.45) is 13.8. The molecule has 1 fully saturated rings. The third-order valence-electron chi connectivity index (χ3n) is 10.5. The van der Waals surface area contributed by atoms with Gasteiger partial charge in [0.1, 0.15) is 12.5 Å². The summed E-state index contributed by atoms with van der Waals surface area (Å²) >= 11 is 0. The van der Waals surface area contributed by atoms with Gasteiger partial charge >= 0.3 is 11.9 Å². The summed E-state index contributed by atoms with van der Waals surface area (Å²) in [5, 5.41) is 16.8. The minimum atomic E-state index is -1.13. The normalized spacial score (nSPS) is 23.8. The summed E-state index contributed by atoms with van der Waals surface area (Å²) in [6, 6.07) is -0.461. The number of nitrogens with one attached hydrogen (secondary N) is 4. The summed E-state index contributed by atoms with van der Waals surface area (Å²) in [5.41, 5.74) is 8.01. The third-order valence-corrected chi connectivity index (χ3v) is 10.5. The molecule has 10 heteroatoms. The lowest BCUT2D eigenvalue weighted by molar-refractivity contribution is -0.143. The molecule has 3 aromatic heterocycles. The van der Waals surface area contributed by atoms with Crippen molar-refractivity contribution in [1.29, 1.82) is 0 Å². The third kappa shape index (κ3) is 5.58. The molecule has 8 bridgehead atoms. The van der Waals surface area contributed by atoms with E-state index in [1.807, 2.05) is 52.0 Å². The average molecular weight is 665 g/mol. The van der Waals surface area contributed by atoms with Gasteiger partial charge in [0, 0.05) is 56.8 Å². The lowest BCUT2D eigenvalue weighted by Gasteiger charge is -2.25. The molecule has 256 valence electrons. The Balaban J connectivity index is 1.65. The van der Waals surface area contributed by atoms with E-state index in [-0.39, 0.29) is 36.6 Å². The average Bonchev–Trinajstić information content (AvgIpc) is 3.84. The molecule has 1 aliphatic carbocycles. The van der Waals surface area contributed by atoms with Crippen LogP contribution in [0.15, 0.2) is 24.4 Å². The highest BCUT2D eigenvalue weighted by atomic mass is 16.5. The van der Waals surface area contributed by atoms with Crippen molar-refractivity contribution in [3.63, 3.8) is 0 Å². The van der Waals surface area contributed by atoms with E-state index in [4.69, 9.17) is 9.47 Å². The van der Waals surface area contributed by atoms with Crippen LogP contribution in [0.1, 0.15) is 83.3 Å². The number of aliphatic hydroxyl groups is 1. The number of methoxy groups -OCH3 is 1. The van der Waals surface area contributed by atoms with Gasteiger partial charge < -0.3 is 34.8 Å². The molecule has 0 amide bonds. The Bertz CT molecular complexity index is 2190. The van der Waals surface area contributed by atoms with E-state index in [2.05, 4.69) is 39.8 Å². The van der Waals surface area contributed by atoms with Gasteiger partial charge in [-0.15, -0.1) is 0 Å². The van der Waals surface area contributed by atoms with Crippen LogP contribution in [-0.4, -0.2) is 57.5 Å². The summed E-state index contributed by atoms with van der Waals surface area (Å²) in [5.74, 6) is -2.62.